The van der Waals surface area contributed by atoms with Crippen LogP contribution in [0.5, 0.6) is 0 Å². The second kappa shape index (κ2) is 6.21. The molecular formula is C23H21NO. The third kappa shape index (κ3) is 2.64. The molecule has 0 saturated carbocycles. The van der Waals surface area contributed by atoms with Crippen LogP contribution in [0.2, 0.25) is 0 Å². The molecule has 1 aliphatic carbocycles. The molecule has 1 atom stereocenters. The van der Waals surface area contributed by atoms with Crippen LogP contribution in [-0.4, -0.2) is 5.91 Å². The van der Waals surface area contributed by atoms with E-state index in [1.807, 2.05) is 66.7 Å². The minimum absolute atomic E-state index is 0.00893. The highest BCUT2D eigenvalue weighted by atomic mass is 16.2. The SMILES string of the molecule is CC1C=CC2=C(C=CC(c3ccccc3)(c3ccccc3)C(=O)N2)C1. The van der Waals surface area contributed by atoms with E-state index in [4.69, 9.17) is 0 Å². The molecule has 0 bridgehead atoms. The predicted octanol–water partition coefficient (Wildman–Crippen LogP) is 4.51. The van der Waals surface area contributed by atoms with E-state index in [1.54, 1.807) is 0 Å². The van der Waals surface area contributed by atoms with Crippen molar-refractivity contribution >= 4 is 5.91 Å². The Balaban J connectivity index is 1.90. The molecule has 0 fully saturated rings. The Hall–Kier alpha value is -2.87. The van der Waals surface area contributed by atoms with Gasteiger partial charge in [-0.25, -0.2) is 0 Å². The van der Waals surface area contributed by atoms with Crippen LogP contribution >= 0.6 is 0 Å². The van der Waals surface area contributed by atoms with Crippen molar-refractivity contribution in [1.29, 1.82) is 0 Å². The first-order chi connectivity index (χ1) is 12.2. The molecule has 0 aromatic heterocycles. The fourth-order valence-electron chi connectivity index (χ4n) is 3.72. The van der Waals surface area contributed by atoms with Crippen LogP contribution in [0.4, 0.5) is 0 Å². The summed E-state index contributed by atoms with van der Waals surface area (Å²) in [5.41, 5.74) is 3.25. The van der Waals surface area contributed by atoms with Crippen molar-refractivity contribution in [3.63, 3.8) is 0 Å². The summed E-state index contributed by atoms with van der Waals surface area (Å²) < 4.78 is 0. The van der Waals surface area contributed by atoms with Gasteiger partial charge in [-0.1, -0.05) is 85.8 Å². The van der Waals surface area contributed by atoms with Gasteiger partial charge in [-0.3, -0.25) is 4.79 Å². The number of hydrogen-bond acceptors (Lipinski definition) is 1. The molecule has 2 nitrogen and oxygen atoms in total. The molecule has 4 rings (SSSR count). The van der Waals surface area contributed by atoms with Crippen LogP contribution in [0, 0.1) is 5.92 Å². The van der Waals surface area contributed by atoms with Gasteiger partial charge < -0.3 is 5.32 Å². The van der Waals surface area contributed by atoms with Gasteiger partial charge in [-0.2, -0.15) is 0 Å². The average molecular weight is 327 g/mol. The number of carbonyl (C=O) groups is 1. The van der Waals surface area contributed by atoms with Crippen LogP contribution in [0.15, 0.2) is 96.2 Å². The Morgan fingerprint density at radius 2 is 1.52 bits per heavy atom. The summed E-state index contributed by atoms with van der Waals surface area (Å²) >= 11 is 0. The Kier molecular flexibility index (Phi) is 3.89. The van der Waals surface area contributed by atoms with Crippen molar-refractivity contribution in [2.75, 3.05) is 0 Å². The molecule has 0 spiro atoms. The van der Waals surface area contributed by atoms with Crippen molar-refractivity contribution in [3.05, 3.63) is 107 Å². The van der Waals surface area contributed by atoms with Crippen LogP contribution in [0.25, 0.3) is 0 Å². The van der Waals surface area contributed by atoms with Gasteiger partial charge in [-0.15, -0.1) is 0 Å². The molecule has 2 heteroatoms. The topological polar surface area (TPSA) is 29.1 Å². The van der Waals surface area contributed by atoms with Crippen molar-refractivity contribution in [2.24, 2.45) is 5.92 Å². The highest BCUT2D eigenvalue weighted by molar-refractivity contribution is 5.96. The minimum Gasteiger partial charge on any atom is -0.324 e. The van der Waals surface area contributed by atoms with Crippen molar-refractivity contribution in [2.45, 2.75) is 18.8 Å². The lowest BCUT2D eigenvalue weighted by Gasteiger charge is -2.30. The highest BCUT2D eigenvalue weighted by Crippen LogP contribution is 2.38. The van der Waals surface area contributed by atoms with Crippen molar-refractivity contribution < 1.29 is 4.79 Å². The lowest BCUT2D eigenvalue weighted by molar-refractivity contribution is -0.123. The van der Waals surface area contributed by atoms with Crippen LogP contribution < -0.4 is 5.32 Å². The summed E-state index contributed by atoms with van der Waals surface area (Å²) in [7, 11) is 0. The second-order valence-corrected chi connectivity index (χ2v) is 6.81. The molecule has 2 aromatic carbocycles. The quantitative estimate of drug-likeness (QED) is 0.864. The second-order valence-electron chi connectivity index (χ2n) is 6.81. The van der Waals surface area contributed by atoms with Crippen LogP contribution in [0.1, 0.15) is 24.5 Å². The molecule has 25 heavy (non-hydrogen) atoms. The number of nitrogens with one attached hydrogen (secondary N) is 1. The Bertz CT molecular complexity index is 835. The largest absolute Gasteiger partial charge is 0.324 e. The maximum absolute atomic E-state index is 13.4. The molecule has 2 aromatic rings. The zero-order chi connectivity index (χ0) is 17.3. The van der Waals surface area contributed by atoms with Gasteiger partial charge in [0.2, 0.25) is 5.91 Å². The summed E-state index contributed by atoms with van der Waals surface area (Å²) in [4.78, 5) is 13.4. The van der Waals surface area contributed by atoms with E-state index in [2.05, 4.69) is 30.5 Å². The number of hydrogen-bond donors (Lipinski definition) is 1. The van der Waals surface area contributed by atoms with Gasteiger partial charge in [0.15, 0.2) is 0 Å². The monoisotopic (exact) mass is 327 g/mol. The molecule has 1 N–H and O–H groups in total. The first-order valence-electron chi connectivity index (χ1n) is 8.73. The molecule has 124 valence electrons. The average Bonchev–Trinajstić information content (AvgIpc) is 2.80. The fourth-order valence-corrected chi connectivity index (χ4v) is 3.72. The van der Waals surface area contributed by atoms with Gasteiger partial charge in [0.25, 0.3) is 0 Å². The van der Waals surface area contributed by atoms with E-state index < -0.39 is 5.41 Å². The first-order valence-corrected chi connectivity index (χ1v) is 8.73. The summed E-state index contributed by atoms with van der Waals surface area (Å²) in [6.07, 6.45) is 9.35. The van der Waals surface area contributed by atoms with E-state index in [1.165, 1.54) is 5.57 Å². The number of rotatable bonds is 2. The Morgan fingerprint density at radius 3 is 2.12 bits per heavy atom. The molecule has 0 radical (unpaired) electrons. The summed E-state index contributed by atoms with van der Waals surface area (Å²) in [5.74, 6) is 0.478. The van der Waals surface area contributed by atoms with Crippen molar-refractivity contribution in [3.8, 4) is 0 Å². The Morgan fingerprint density at radius 1 is 0.920 bits per heavy atom. The van der Waals surface area contributed by atoms with E-state index in [0.717, 1.165) is 23.2 Å². The van der Waals surface area contributed by atoms with E-state index in [9.17, 15) is 4.79 Å². The van der Waals surface area contributed by atoms with Gasteiger partial charge in [0.1, 0.15) is 5.41 Å². The van der Waals surface area contributed by atoms with E-state index in [-0.39, 0.29) is 5.91 Å². The minimum atomic E-state index is -0.822. The van der Waals surface area contributed by atoms with Crippen LogP contribution in [0.3, 0.4) is 0 Å². The molecule has 1 aliphatic heterocycles. The zero-order valence-electron chi connectivity index (χ0n) is 14.3. The lowest BCUT2D eigenvalue weighted by Crippen LogP contribution is -2.43. The first kappa shape index (κ1) is 15.6. The van der Waals surface area contributed by atoms with E-state index in [0.29, 0.717) is 5.92 Å². The molecule has 1 unspecified atom stereocenters. The smallest absolute Gasteiger partial charge is 0.243 e. The zero-order valence-corrected chi connectivity index (χ0v) is 14.3. The number of carbonyl (C=O) groups excluding carboxylic acids is 1. The van der Waals surface area contributed by atoms with Gasteiger partial charge in [0, 0.05) is 5.70 Å². The fraction of sp³-hybridized carbons (Fsp3) is 0.174. The third-order valence-corrected chi connectivity index (χ3v) is 5.08. The van der Waals surface area contributed by atoms with Gasteiger partial charge >= 0.3 is 0 Å². The van der Waals surface area contributed by atoms with Crippen molar-refractivity contribution in [1.82, 2.24) is 5.32 Å². The van der Waals surface area contributed by atoms with Gasteiger partial charge in [0.05, 0.1) is 0 Å². The van der Waals surface area contributed by atoms with Crippen LogP contribution in [-0.2, 0) is 10.2 Å². The standard InChI is InChI=1S/C23H21NO/c1-17-12-13-21-18(16-17)14-15-23(22(25)24-21,19-8-4-2-5-9-19)20-10-6-3-7-11-20/h2-15,17H,16H2,1H3,(H,24,25). The molecule has 1 heterocycles. The van der Waals surface area contributed by atoms with E-state index >= 15 is 0 Å². The summed E-state index contributed by atoms with van der Waals surface area (Å²) in [5, 5.41) is 3.18. The van der Waals surface area contributed by atoms with Gasteiger partial charge in [-0.05, 0) is 35.1 Å². The number of amides is 1. The normalized spacial score (nSPS) is 21.5. The third-order valence-electron chi connectivity index (χ3n) is 5.08. The predicted molar refractivity (Wildman–Crippen MR) is 101 cm³/mol. The summed E-state index contributed by atoms with van der Waals surface area (Å²) in [6, 6.07) is 20.0. The number of allylic oxidation sites excluding steroid dienone is 4. The number of benzene rings is 2. The Labute approximate surface area is 148 Å². The molecule has 1 amide bonds. The molecule has 2 aliphatic rings. The summed E-state index contributed by atoms with van der Waals surface area (Å²) in [6.45, 7) is 2.20. The molecular weight excluding hydrogens is 306 g/mol. The maximum atomic E-state index is 13.4. The lowest BCUT2D eigenvalue weighted by atomic mass is 9.73. The highest BCUT2D eigenvalue weighted by Gasteiger charge is 2.41. The maximum Gasteiger partial charge on any atom is 0.243 e. The molecule has 0 saturated heterocycles.